The summed E-state index contributed by atoms with van der Waals surface area (Å²) in [5.41, 5.74) is 1.61. The summed E-state index contributed by atoms with van der Waals surface area (Å²) >= 11 is 1.18. The lowest BCUT2D eigenvalue weighted by Gasteiger charge is -2.13. The minimum absolute atomic E-state index is 0.286. The van der Waals surface area contributed by atoms with Crippen LogP contribution in [0.25, 0.3) is 11.1 Å². The molecule has 1 aromatic carbocycles. The number of carboxylic acid groups (broad SMARTS) is 1. The molecule has 0 spiro atoms. The van der Waals surface area contributed by atoms with Crippen LogP contribution in [0.1, 0.15) is 9.67 Å². The van der Waals surface area contributed by atoms with E-state index in [0.29, 0.717) is 17.2 Å². The maximum absolute atomic E-state index is 10.9. The number of thiophene rings is 1. The van der Waals surface area contributed by atoms with Crippen LogP contribution in [0, 0.1) is 0 Å². The summed E-state index contributed by atoms with van der Waals surface area (Å²) in [7, 11) is 4.61. The minimum atomic E-state index is -0.936. The Morgan fingerprint density at radius 3 is 2.00 bits per heavy atom. The fraction of sp³-hybridized carbons (Fsp3) is 0.214. The van der Waals surface area contributed by atoms with Gasteiger partial charge in [0, 0.05) is 0 Å². The SMILES string of the molecule is COc1cc(-c2csc(C(=O)O)c2)cc(OC)c1OC. The molecular formula is C14H14O5S. The van der Waals surface area contributed by atoms with E-state index in [0.717, 1.165) is 11.1 Å². The van der Waals surface area contributed by atoms with Gasteiger partial charge in [0.05, 0.1) is 21.3 Å². The first kappa shape index (κ1) is 14.2. The average molecular weight is 294 g/mol. The van der Waals surface area contributed by atoms with E-state index in [1.807, 2.05) is 0 Å². The Kier molecular flexibility index (Phi) is 4.14. The van der Waals surface area contributed by atoms with Crippen molar-refractivity contribution < 1.29 is 24.1 Å². The molecule has 0 amide bonds. The normalized spacial score (nSPS) is 10.2. The van der Waals surface area contributed by atoms with Crippen LogP contribution in [0.2, 0.25) is 0 Å². The predicted molar refractivity (Wildman–Crippen MR) is 76.4 cm³/mol. The van der Waals surface area contributed by atoms with Crippen LogP contribution in [-0.2, 0) is 0 Å². The first-order chi connectivity index (χ1) is 9.60. The van der Waals surface area contributed by atoms with Crippen molar-refractivity contribution in [1.82, 2.24) is 0 Å². The van der Waals surface area contributed by atoms with Crippen molar-refractivity contribution >= 4 is 17.3 Å². The first-order valence-electron chi connectivity index (χ1n) is 5.73. The molecule has 106 valence electrons. The van der Waals surface area contributed by atoms with Crippen LogP contribution in [0.15, 0.2) is 23.6 Å². The number of carboxylic acids is 1. The van der Waals surface area contributed by atoms with Crippen LogP contribution in [0.3, 0.4) is 0 Å². The van der Waals surface area contributed by atoms with E-state index in [4.69, 9.17) is 19.3 Å². The predicted octanol–water partition coefficient (Wildman–Crippen LogP) is 3.14. The van der Waals surface area contributed by atoms with Gasteiger partial charge in [-0.25, -0.2) is 4.79 Å². The zero-order valence-corrected chi connectivity index (χ0v) is 12.1. The summed E-state index contributed by atoms with van der Waals surface area (Å²) in [6.45, 7) is 0. The number of benzene rings is 1. The van der Waals surface area contributed by atoms with Crippen LogP contribution in [0.5, 0.6) is 17.2 Å². The Morgan fingerprint density at radius 1 is 1.00 bits per heavy atom. The molecule has 6 heteroatoms. The van der Waals surface area contributed by atoms with E-state index in [2.05, 4.69) is 0 Å². The van der Waals surface area contributed by atoms with Gasteiger partial charge in [-0.3, -0.25) is 0 Å². The largest absolute Gasteiger partial charge is 0.493 e. The van der Waals surface area contributed by atoms with Gasteiger partial charge in [-0.2, -0.15) is 0 Å². The summed E-state index contributed by atoms with van der Waals surface area (Å²) in [6.07, 6.45) is 0. The maximum Gasteiger partial charge on any atom is 0.345 e. The summed E-state index contributed by atoms with van der Waals surface area (Å²) in [5, 5.41) is 10.8. The number of aromatic carboxylic acids is 1. The highest BCUT2D eigenvalue weighted by atomic mass is 32.1. The highest BCUT2D eigenvalue weighted by Gasteiger charge is 2.15. The van der Waals surface area contributed by atoms with Gasteiger partial charge in [0.2, 0.25) is 5.75 Å². The Labute approximate surface area is 120 Å². The fourth-order valence-electron chi connectivity index (χ4n) is 1.85. The molecule has 5 nitrogen and oxygen atoms in total. The molecule has 0 saturated carbocycles. The molecule has 0 aliphatic heterocycles. The molecule has 2 rings (SSSR count). The van der Waals surface area contributed by atoms with Gasteiger partial charge < -0.3 is 19.3 Å². The Balaban J connectivity index is 2.53. The lowest BCUT2D eigenvalue weighted by atomic mass is 10.1. The fourth-order valence-corrected chi connectivity index (χ4v) is 2.60. The lowest BCUT2D eigenvalue weighted by molar-refractivity contribution is 0.0702. The smallest absolute Gasteiger partial charge is 0.345 e. The third-order valence-corrected chi connectivity index (χ3v) is 3.73. The van der Waals surface area contributed by atoms with Crippen LogP contribution in [0.4, 0.5) is 0 Å². The highest BCUT2D eigenvalue weighted by Crippen LogP contribution is 2.41. The van der Waals surface area contributed by atoms with Gasteiger partial charge in [0.1, 0.15) is 4.88 Å². The molecule has 0 bridgehead atoms. The minimum Gasteiger partial charge on any atom is -0.493 e. The van der Waals surface area contributed by atoms with Crippen molar-refractivity contribution in [2.75, 3.05) is 21.3 Å². The maximum atomic E-state index is 10.9. The van der Waals surface area contributed by atoms with Gasteiger partial charge >= 0.3 is 5.97 Å². The topological polar surface area (TPSA) is 65.0 Å². The van der Waals surface area contributed by atoms with Crippen LogP contribution in [-0.4, -0.2) is 32.4 Å². The molecule has 0 radical (unpaired) electrons. The molecule has 0 aliphatic rings. The highest BCUT2D eigenvalue weighted by molar-refractivity contribution is 7.12. The summed E-state index contributed by atoms with van der Waals surface area (Å²) in [5.74, 6) is 0.635. The molecule has 0 fully saturated rings. The molecule has 1 heterocycles. The average Bonchev–Trinajstić information content (AvgIpc) is 2.95. The van der Waals surface area contributed by atoms with E-state index in [-0.39, 0.29) is 4.88 Å². The Morgan fingerprint density at radius 2 is 1.60 bits per heavy atom. The van der Waals surface area contributed by atoms with Gasteiger partial charge in [0.25, 0.3) is 0 Å². The number of hydrogen-bond donors (Lipinski definition) is 1. The molecule has 2 aromatic rings. The molecule has 1 N–H and O–H groups in total. The van der Waals surface area contributed by atoms with E-state index in [1.54, 1.807) is 23.6 Å². The van der Waals surface area contributed by atoms with E-state index < -0.39 is 5.97 Å². The third kappa shape index (κ3) is 2.55. The number of methoxy groups -OCH3 is 3. The second kappa shape index (κ2) is 5.83. The second-order valence-corrected chi connectivity index (χ2v) is 4.83. The van der Waals surface area contributed by atoms with Crippen molar-refractivity contribution in [2.45, 2.75) is 0 Å². The van der Waals surface area contributed by atoms with Gasteiger partial charge in [-0.15, -0.1) is 11.3 Å². The van der Waals surface area contributed by atoms with E-state index in [1.165, 1.54) is 32.7 Å². The van der Waals surface area contributed by atoms with Crippen molar-refractivity contribution in [2.24, 2.45) is 0 Å². The zero-order valence-electron chi connectivity index (χ0n) is 11.3. The molecule has 20 heavy (non-hydrogen) atoms. The van der Waals surface area contributed by atoms with Gasteiger partial charge in [-0.1, -0.05) is 0 Å². The van der Waals surface area contributed by atoms with Crippen molar-refractivity contribution in [1.29, 1.82) is 0 Å². The van der Waals surface area contributed by atoms with Crippen LogP contribution >= 0.6 is 11.3 Å². The van der Waals surface area contributed by atoms with Crippen molar-refractivity contribution in [3.63, 3.8) is 0 Å². The Bertz CT molecular complexity index is 607. The van der Waals surface area contributed by atoms with Crippen molar-refractivity contribution in [3.8, 4) is 28.4 Å². The molecule has 0 atom stereocenters. The number of rotatable bonds is 5. The second-order valence-electron chi connectivity index (χ2n) is 3.92. The molecule has 0 saturated heterocycles. The summed E-state index contributed by atoms with van der Waals surface area (Å²) in [4.78, 5) is 11.2. The van der Waals surface area contributed by atoms with Crippen LogP contribution < -0.4 is 14.2 Å². The van der Waals surface area contributed by atoms with Crippen molar-refractivity contribution in [3.05, 3.63) is 28.5 Å². The molecule has 0 unspecified atom stereocenters. The third-order valence-electron chi connectivity index (χ3n) is 2.81. The van der Waals surface area contributed by atoms with Gasteiger partial charge in [0.15, 0.2) is 11.5 Å². The quantitative estimate of drug-likeness (QED) is 0.917. The van der Waals surface area contributed by atoms with E-state index >= 15 is 0 Å². The standard InChI is InChI=1S/C14H14O5S/c1-17-10-4-8(5-11(18-2)13(10)19-3)9-6-12(14(15)16)20-7-9/h4-7H,1-3H3,(H,15,16). The summed E-state index contributed by atoms with van der Waals surface area (Å²) in [6, 6.07) is 5.19. The molecular weight excluding hydrogens is 280 g/mol. The van der Waals surface area contributed by atoms with E-state index in [9.17, 15) is 4.79 Å². The molecule has 0 aliphatic carbocycles. The number of hydrogen-bond acceptors (Lipinski definition) is 5. The van der Waals surface area contributed by atoms with Gasteiger partial charge in [-0.05, 0) is 34.7 Å². The lowest BCUT2D eigenvalue weighted by Crippen LogP contribution is -1.95. The Hall–Kier alpha value is -2.21. The summed E-state index contributed by atoms with van der Waals surface area (Å²) < 4.78 is 15.8. The monoisotopic (exact) mass is 294 g/mol. The molecule has 1 aromatic heterocycles. The number of carbonyl (C=O) groups is 1. The zero-order chi connectivity index (χ0) is 14.7. The number of ether oxygens (including phenoxy) is 3. The first-order valence-corrected chi connectivity index (χ1v) is 6.61.